The van der Waals surface area contributed by atoms with Crippen molar-refractivity contribution < 1.29 is 9.15 Å². The zero-order chi connectivity index (χ0) is 22.4. The third-order valence-corrected chi connectivity index (χ3v) is 5.72. The van der Waals surface area contributed by atoms with Crippen molar-refractivity contribution in [2.45, 2.75) is 13.2 Å². The SMILES string of the molecule is C#Cc1ccc2c(c1)-c1nnc(COC)n1Cc1c(-c3nc(-c4ccccc4)co3)ncn1-2. The minimum absolute atomic E-state index is 0.331. The number of aromatic nitrogens is 6. The van der Waals surface area contributed by atoms with E-state index in [-0.39, 0.29) is 0 Å². The molecule has 5 aromatic rings. The summed E-state index contributed by atoms with van der Waals surface area (Å²) in [6.45, 7) is 0.803. The van der Waals surface area contributed by atoms with Crippen molar-refractivity contribution >= 4 is 0 Å². The molecule has 0 saturated heterocycles. The minimum Gasteiger partial charge on any atom is -0.443 e. The summed E-state index contributed by atoms with van der Waals surface area (Å²) in [6.07, 6.45) is 9.10. The molecule has 8 heteroatoms. The summed E-state index contributed by atoms with van der Waals surface area (Å²) >= 11 is 0. The average Bonchev–Trinajstić information content (AvgIpc) is 3.57. The monoisotopic (exact) mass is 434 g/mol. The summed E-state index contributed by atoms with van der Waals surface area (Å²) in [4.78, 5) is 9.39. The third kappa shape index (κ3) is 3.06. The molecule has 0 spiro atoms. The Morgan fingerprint density at radius 1 is 1.15 bits per heavy atom. The van der Waals surface area contributed by atoms with Crippen LogP contribution >= 0.6 is 0 Å². The highest BCUT2D eigenvalue weighted by molar-refractivity contribution is 5.73. The molecule has 0 fully saturated rings. The maximum atomic E-state index is 5.86. The van der Waals surface area contributed by atoms with Crippen LogP contribution < -0.4 is 0 Å². The van der Waals surface area contributed by atoms with Gasteiger partial charge in [-0.05, 0) is 18.2 Å². The van der Waals surface area contributed by atoms with Gasteiger partial charge in [0.15, 0.2) is 11.6 Å². The van der Waals surface area contributed by atoms with Crippen molar-refractivity contribution in [2.75, 3.05) is 7.11 Å². The van der Waals surface area contributed by atoms with Gasteiger partial charge in [0.2, 0.25) is 5.89 Å². The maximum absolute atomic E-state index is 5.86. The fraction of sp³-hybridized carbons (Fsp3) is 0.120. The van der Waals surface area contributed by atoms with E-state index in [0.29, 0.717) is 30.6 Å². The molecule has 0 bridgehead atoms. The number of terminal acetylenes is 1. The van der Waals surface area contributed by atoms with Crippen LogP contribution in [0.3, 0.4) is 0 Å². The molecule has 1 aliphatic rings. The number of nitrogens with zero attached hydrogens (tertiary/aromatic N) is 6. The van der Waals surface area contributed by atoms with E-state index in [1.54, 1.807) is 19.7 Å². The van der Waals surface area contributed by atoms with E-state index in [1.807, 2.05) is 57.7 Å². The highest BCUT2D eigenvalue weighted by Gasteiger charge is 2.28. The van der Waals surface area contributed by atoms with Crippen LogP contribution in [0.2, 0.25) is 0 Å². The molecule has 6 rings (SSSR count). The number of imidazole rings is 1. The molecule has 0 unspecified atom stereocenters. The number of ether oxygens (including phenoxy) is 1. The van der Waals surface area contributed by atoms with Gasteiger partial charge in [0.1, 0.15) is 30.6 Å². The van der Waals surface area contributed by atoms with E-state index in [1.165, 1.54) is 0 Å². The van der Waals surface area contributed by atoms with Gasteiger partial charge in [-0.1, -0.05) is 36.3 Å². The largest absolute Gasteiger partial charge is 0.443 e. The van der Waals surface area contributed by atoms with Crippen LogP contribution in [0.5, 0.6) is 0 Å². The first-order chi connectivity index (χ1) is 16.3. The first-order valence-corrected chi connectivity index (χ1v) is 10.4. The number of hydrogen-bond donors (Lipinski definition) is 0. The van der Waals surface area contributed by atoms with Crippen molar-refractivity contribution in [2.24, 2.45) is 0 Å². The molecule has 3 aromatic heterocycles. The molecular formula is C25H18N6O2. The molecule has 0 amide bonds. The van der Waals surface area contributed by atoms with Crippen molar-refractivity contribution in [3.8, 4) is 52.3 Å². The number of oxazole rings is 1. The Hall–Kier alpha value is -4.48. The highest BCUT2D eigenvalue weighted by atomic mass is 16.5. The molecule has 0 N–H and O–H groups in total. The molecule has 4 heterocycles. The van der Waals surface area contributed by atoms with Crippen molar-refractivity contribution in [1.82, 2.24) is 29.3 Å². The Morgan fingerprint density at radius 2 is 2.03 bits per heavy atom. The van der Waals surface area contributed by atoms with Gasteiger partial charge in [-0.2, -0.15) is 0 Å². The van der Waals surface area contributed by atoms with Gasteiger partial charge in [-0.25, -0.2) is 9.97 Å². The lowest BCUT2D eigenvalue weighted by molar-refractivity contribution is 0.174. The number of rotatable bonds is 4. The van der Waals surface area contributed by atoms with E-state index >= 15 is 0 Å². The normalized spacial score (nSPS) is 11.9. The van der Waals surface area contributed by atoms with Crippen LogP contribution in [0.25, 0.3) is 39.9 Å². The smallest absolute Gasteiger partial charge is 0.247 e. The first-order valence-electron chi connectivity index (χ1n) is 10.4. The van der Waals surface area contributed by atoms with Crippen LogP contribution in [0.1, 0.15) is 17.1 Å². The van der Waals surface area contributed by atoms with Crippen LogP contribution in [-0.2, 0) is 17.9 Å². The molecule has 160 valence electrons. The summed E-state index contributed by atoms with van der Waals surface area (Å²) in [6, 6.07) is 15.7. The van der Waals surface area contributed by atoms with E-state index in [9.17, 15) is 0 Å². The van der Waals surface area contributed by atoms with E-state index in [4.69, 9.17) is 20.6 Å². The molecule has 33 heavy (non-hydrogen) atoms. The first kappa shape index (κ1) is 19.2. The van der Waals surface area contributed by atoms with Gasteiger partial charge >= 0.3 is 0 Å². The fourth-order valence-corrected chi connectivity index (χ4v) is 4.14. The highest BCUT2D eigenvalue weighted by Crippen LogP contribution is 2.36. The quantitative estimate of drug-likeness (QED) is 0.391. The molecule has 1 aliphatic heterocycles. The third-order valence-electron chi connectivity index (χ3n) is 5.72. The lowest BCUT2D eigenvalue weighted by atomic mass is 10.1. The van der Waals surface area contributed by atoms with Gasteiger partial charge in [0.05, 0.1) is 17.9 Å². The van der Waals surface area contributed by atoms with Crippen molar-refractivity contribution in [1.29, 1.82) is 0 Å². The van der Waals surface area contributed by atoms with Crippen molar-refractivity contribution in [3.63, 3.8) is 0 Å². The standard InChI is InChI=1S/C25H18N6O2/c1-3-16-9-10-20-18(11-16)24-29-28-22(14-32-2)30(24)12-21-23(26-15-31(20)21)25-27-19(13-33-25)17-7-5-4-6-8-17/h1,4-11,13,15H,12,14H2,2H3. The van der Waals surface area contributed by atoms with Gasteiger partial charge in [-0.15, -0.1) is 16.6 Å². The Kier molecular flexibility index (Phi) is 4.42. The Balaban J connectivity index is 1.54. The molecule has 0 atom stereocenters. The Bertz CT molecular complexity index is 1520. The van der Waals surface area contributed by atoms with Crippen LogP contribution in [0, 0.1) is 12.3 Å². The molecular weight excluding hydrogens is 416 g/mol. The molecule has 0 saturated carbocycles. The predicted octanol–water partition coefficient (Wildman–Crippen LogP) is 3.94. The molecule has 0 aliphatic carbocycles. The Morgan fingerprint density at radius 3 is 2.85 bits per heavy atom. The van der Waals surface area contributed by atoms with Crippen LogP contribution in [0.4, 0.5) is 0 Å². The van der Waals surface area contributed by atoms with Gasteiger partial charge < -0.3 is 13.7 Å². The van der Waals surface area contributed by atoms with Crippen molar-refractivity contribution in [3.05, 3.63) is 78.2 Å². The predicted molar refractivity (Wildman–Crippen MR) is 121 cm³/mol. The summed E-state index contributed by atoms with van der Waals surface area (Å²) < 4.78 is 15.3. The second-order valence-corrected chi connectivity index (χ2v) is 7.65. The maximum Gasteiger partial charge on any atom is 0.247 e. The second kappa shape index (κ2) is 7.58. The van der Waals surface area contributed by atoms with Gasteiger partial charge in [0.25, 0.3) is 0 Å². The minimum atomic E-state index is 0.331. The molecule has 8 nitrogen and oxygen atoms in total. The lowest BCUT2D eigenvalue weighted by Crippen LogP contribution is -2.09. The Labute approximate surface area is 189 Å². The summed E-state index contributed by atoms with van der Waals surface area (Å²) in [7, 11) is 1.64. The number of fused-ring (bicyclic) bond motifs is 5. The summed E-state index contributed by atoms with van der Waals surface area (Å²) in [5, 5.41) is 8.81. The van der Waals surface area contributed by atoms with E-state index in [2.05, 4.69) is 21.1 Å². The number of methoxy groups -OCH3 is 1. The molecule has 2 aromatic carbocycles. The summed E-state index contributed by atoms with van der Waals surface area (Å²) in [5.41, 5.74) is 5.85. The number of benzene rings is 2. The van der Waals surface area contributed by atoms with Crippen LogP contribution in [0.15, 0.2) is 65.5 Å². The lowest BCUT2D eigenvalue weighted by Gasteiger charge is -2.09. The zero-order valence-corrected chi connectivity index (χ0v) is 17.8. The average molecular weight is 434 g/mol. The van der Waals surface area contributed by atoms with Gasteiger partial charge in [0, 0.05) is 23.8 Å². The topological polar surface area (TPSA) is 83.8 Å². The zero-order valence-electron chi connectivity index (χ0n) is 17.8. The summed E-state index contributed by atoms with van der Waals surface area (Å²) in [5.74, 6) is 4.59. The van der Waals surface area contributed by atoms with Crippen LogP contribution in [-0.4, -0.2) is 36.4 Å². The molecule has 0 radical (unpaired) electrons. The van der Waals surface area contributed by atoms with E-state index < -0.39 is 0 Å². The van der Waals surface area contributed by atoms with E-state index in [0.717, 1.165) is 39.6 Å². The second-order valence-electron chi connectivity index (χ2n) is 7.65. The van der Waals surface area contributed by atoms with Gasteiger partial charge in [-0.3, -0.25) is 4.57 Å². The number of hydrogen-bond acceptors (Lipinski definition) is 6. The fourth-order valence-electron chi connectivity index (χ4n) is 4.14.